The summed E-state index contributed by atoms with van der Waals surface area (Å²) in [5.74, 6) is 1.74. The van der Waals surface area contributed by atoms with E-state index in [1.54, 1.807) is 11.3 Å². The molecule has 5 rings (SSSR count). The number of benzene rings is 1. The van der Waals surface area contributed by atoms with E-state index in [0.717, 1.165) is 64.6 Å². The van der Waals surface area contributed by atoms with Gasteiger partial charge in [0, 0.05) is 28.9 Å². The molecular weight excluding hydrogens is 370 g/mol. The molecule has 0 amide bonds. The average Bonchev–Trinajstić information content (AvgIpc) is 3.39. The number of H-pyrrole nitrogens is 1. The van der Waals surface area contributed by atoms with Gasteiger partial charge in [0.1, 0.15) is 0 Å². The third kappa shape index (κ3) is 2.87. The Morgan fingerprint density at radius 3 is 2.93 bits per heavy atom. The smallest absolute Gasteiger partial charge is 0.162 e. The fourth-order valence-electron chi connectivity index (χ4n) is 3.52. The highest BCUT2D eigenvalue weighted by molar-refractivity contribution is 7.20. The Kier molecular flexibility index (Phi) is 4.33. The minimum Gasteiger partial charge on any atom is -0.378 e. The van der Waals surface area contributed by atoms with Crippen molar-refractivity contribution < 1.29 is 4.74 Å². The second kappa shape index (κ2) is 7.00. The summed E-state index contributed by atoms with van der Waals surface area (Å²) in [5, 5.41) is 8.26. The number of allylic oxidation sites excluding steroid dienone is 2. The molecule has 0 bridgehead atoms. The van der Waals surface area contributed by atoms with Crippen LogP contribution in [0.25, 0.3) is 38.1 Å². The lowest BCUT2D eigenvalue weighted by Crippen LogP contribution is -2.36. The monoisotopic (exact) mass is 391 g/mol. The maximum atomic E-state index is 5.55. The molecule has 1 fully saturated rings. The molecule has 142 valence electrons. The van der Waals surface area contributed by atoms with Crippen LogP contribution in [0.5, 0.6) is 0 Å². The van der Waals surface area contributed by atoms with Gasteiger partial charge in [-0.15, -0.1) is 11.3 Å². The van der Waals surface area contributed by atoms with Gasteiger partial charge >= 0.3 is 0 Å². The highest BCUT2D eigenvalue weighted by Crippen LogP contribution is 2.37. The fraction of sp³-hybridized carbons (Fsp3) is 0.286. The predicted molar refractivity (Wildman–Crippen MR) is 115 cm³/mol. The summed E-state index contributed by atoms with van der Waals surface area (Å²) < 4.78 is 6.69. The van der Waals surface area contributed by atoms with Crippen molar-refractivity contribution in [3.8, 4) is 11.4 Å². The van der Waals surface area contributed by atoms with Crippen molar-refractivity contribution in [3.05, 3.63) is 41.4 Å². The summed E-state index contributed by atoms with van der Waals surface area (Å²) in [6.07, 6.45) is 3.98. The van der Waals surface area contributed by atoms with Crippen LogP contribution in [-0.4, -0.2) is 46.5 Å². The molecule has 0 spiro atoms. The van der Waals surface area contributed by atoms with E-state index in [2.05, 4.69) is 47.2 Å². The number of rotatable bonds is 3. The molecule has 4 aromatic rings. The lowest BCUT2D eigenvalue weighted by molar-refractivity contribution is 0.122. The molecule has 3 aromatic heterocycles. The number of aromatic amines is 1. The maximum Gasteiger partial charge on any atom is 0.162 e. The number of fused-ring (bicyclic) bond motifs is 2. The fourth-order valence-corrected chi connectivity index (χ4v) is 4.67. The molecule has 0 atom stereocenters. The highest BCUT2D eigenvalue weighted by Gasteiger charge is 2.21. The van der Waals surface area contributed by atoms with Gasteiger partial charge in [0.2, 0.25) is 0 Å². The first-order valence-corrected chi connectivity index (χ1v) is 10.3. The van der Waals surface area contributed by atoms with Gasteiger partial charge in [-0.1, -0.05) is 18.2 Å². The summed E-state index contributed by atoms with van der Waals surface area (Å²) in [6.45, 7) is 7.35. The van der Waals surface area contributed by atoms with Crippen LogP contribution in [0.15, 0.2) is 36.5 Å². The third-order valence-electron chi connectivity index (χ3n) is 5.21. The average molecular weight is 392 g/mol. The second-order valence-electron chi connectivity index (χ2n) is 6.90. The molecule has 6 nitrogen and oxygen atoms in total. The van der Waals surface area contributed by atoms with E-state index in [4.69, 9.17) is 14.7 Å². The Labute approximate surface area is 166 Å². The first-order valence-electron chi connectivity index (χ1n) is 9.44. The molecule has 28 heavy (non-hydrogen) atoms. The molecule has 0 aliphatic carbocycles. The topological polar surface area (TPSA) is 66.9 Å². The lowest BCUT2D eigenvalue weighted by Gasteiger charge is -2.28. The zero-order valence-corrected chi connectivity index (χ0v) is 16.7. The summed E-state index contributed by atoms with van der Waals surface area (Å²) in [6, 6.07) is 8.28. The number of nitrogens with one attached hydrogen (secondary N) is 1. The Balaban J connectivity index is 1.75. The van der Waals surface area contributed by atoms with Crippen molar-refractivity contribution in [1.29, 1.82) is 0 Å². The van der Waals surface area contributed by atoms with Crippen LogP contribution in [0.3, 0.4) is 0 Å². The number of anilines is 1. The van der Waals surface area contributed by atoms with Crippen molar-refractivity contribution in [2.24, 2.45) is 0 Å². The standard InChI is InChI=1S/C21H21N5OS/c1-3-13(2)18-11-17-19(28-18)21(26-7-9-27-10-8-26)24-20(23-17)14-5-4-6-16-15(14)12-22-25-16/h3-6,11-12H,7-10H2,1-2H3,(H,22,25)/b13-3+. The number of ether oxygens (including phenoxy) is 1. The highest BCUT2D eigenvalue weighted by atomic mass is 32.1. The number of morpholine rings is 1. The van der Waals surface area contributed by atoms with Crippen molar-refractivity contribution in [2.45, 2.75) is 13.8 Å². The Morgan fingerprint density at radius 1 is 1.25 bits per heavy atom. The van der Waals surface area contributed by atoms with Crippen molar-refractivity contribution >= 4 is 43.8 Å². The normalized spacial score (nSPS) is 15.6. The Bertz CT molecular complexity index is 1190. The van der Waals surface area contributed by atoms with Crippen LogP contribution < -0.4 is 4.90 Å². The van der Waals surface area contributed by atoms with Crippen molar-refractivity contribution in [2.75, 3.05) is 31.2 Å². The summed E-state index contributed by atoms with van der Waals surface area (Å²) in [4.78, 5) is 13.5. The molecular formula is C21H21N5OS. The molecule has 1 aliphatic rings. The Hall–Kier alpha value is -2.77. The molecule has 1 aromatic carbocycles. The van der Waals surface area contributed by atoms with Gasteiger partial charge in [0.05, 0.1) is 35.1 Å². The van der Waals surface area contributed by atoms with Gasteiger partial charge in [0.25, 0.3) is 0 Å². The zero-order valence-electron chi connectivity index (χ0n) is 15.9. The van der Waals surface area contributed by atoms with E-state index in [-0.39, 0.29) is 0 Å². The minimum atomic E-state index is 0.726. The van der Waals surface area contributed by atoms with Crippen LogP contribution in [0.2, 0.25) is 0 Å². The van der Waals surface area contributed by atoms with E-state index in [1.165, 1.54) is 10.5 Å². The summed E-state index contributed by atoms with van der Waals surface area (Å²) in [5.41, 5.74) is 4.24. The van der Waals surface area contributed by atoms with Crippen LogP contribution in [0, 0.1) is 0 Å². The van der Waals surface area contributed by atoms with E-state index in [1.807, 2.05) is 18.3 Å². The Morgan fingerprint density at radius 2 is 2.11 bits per heavy atom. The van der Waals surface area contributed by atoms with Crippen LogP contribution in [0.4, 0.5) is 5.82 Å². The lowest BCUT2D eigenvalue weighted by atomic mass is 10.1. The SMILES string of the molecule is C/C=C(\C)c1cc2nc(-c3cccc4[nH]ncc34)nc(N3CCOCC3)c2s1. The molecule has 0 saturated carbocycles. The quantitative estimate of drug-likeness (QED) is 0.557. The van der Waals surface area contributed by atoms with Gasteiger partial charge in [-0.25, -0.2) is 9.97 Å². The third-order valence-corrected chi connectivity index (χ3v) is 6.47. The van der Waals surface area contributed by atoms with E-state index in [9.17, 15) is 0 Å². The van der Waals surface area contributed by atoms with Crippen LogP contribution in [0.1, 0.15) is 18.7 Å². The number of aromatic nitrogens is 4. The number of nitrogens with zero attached hydrogens (tertiary/aromatic N) is 4. The largest absolute Gasteiger partial charge is 0.378 e. The van der Waals surface area contributed by atoms with E-state index >= 15 is 0 Å². The molecule has 1 saturated heterocycles. The van der Waals surface area contributed by atoms with Gasteiger partial charge in [-0.3, -0.25) is 5.10 Å². The molecule has 4 heterocycles. The van der Waals surface area contributed by atoms with Crippen LogP contribution in [-0.2, 0) is 4.74 Å². The van der Waals surface area contributed by atoms with Crippen molar-refractivity contribution in [1.82, 2.24) is 20.2 Å². The van der Waals surface area contributed by atoms with Crippen LogP contribution >= 0.6 is 11.3 Å². The predicted octanol–water partition coefficient (Wildman–Crippen LogP) is 4.49. The molecule has 0 unspecified atom stereocenters. The van der Waals surface area contributed by atoms with Gasteiger partial charge in [-0.2, -0.15) is 5.10 Å². The number of thiophene rings is 1. The molecule has 7 heteroatoms. The van der Waals surface area contributed by atoms with E-state index in [0.29, 0.717) is 0 Å². The number of hydrogen-bond donors (Lipinski definition) is 1. The minimum absolute atomic E-state index is 0.726. The summed E-state index contributed by atoms with van der Waals surface area (Å²) >= 11 is 1.77. The van der Waals surface area contributed by atoms with Gasteiger partial charge < -0.3 is 9.64 Å². The second-order valence-corrected chi connectivity index (χ2v) is 7.96. The first-order chi connectivity index (χ1) is 13.7. The zero-order chi connectivity index (χ0) is 19.1. The summed E-state index contributed by atoms with van der Waals surface area (Å²) in [7, 11) is 0. The van der Waals surface area contributed by atoms with Crippen molar-refractivity contribution in [3.63, 3.8) is 0 Å². The number of hydrogen-bond acceptors (Lipinski definition) is 6. The molecule has 0 radical (unpaired) electrons. The molecule has 1 N–H and O–H groups in total. The van der Waals surface area contributed by atoms with Gasteiger partial charge in [0.15, 0.2) is 11.6 Å². The maximum absolute atomic E-state index is 5.55. The molecule has 1 aliphatic heterocycles. The first kappa shape index (κ1) is 17.3. The van der Waals surface area contributed by atoms with E-state index < -0.39 is 0 Å². The van der Waals surface area contributed by atoms with Gasteiger partial charge in [-0.05, 0) is 31.6 Å².